The average Bonchev–Trinajstić information content (AvgIpc) is 3.43. The normalized spacial score (nSPS) is 21.5. The smallest absolute Gasteiger partial charge is 0.352 e. The first kappa shape index (κ1) is 29.7. The molecule has 1 fully saturated rings. The average molecular weight is 613 g/mol. The predicted molar refractivity (Wildman–Crippen MR) is 143 cm³/mol. The molecule has 3 amide bonds. The number of amides is 3. The highest BCUT2D eigenvalue weighted by molar-refractivity contribution is 8.01. The first-order chi connectivity index (χ1) is 19.1. The Morgan fingerprint density at radius 2 is 2.23 bits per heavy atom. The standard InChI is InChI=1S/C21H25N8O8PS2/c1-2-37-38(35,36)7-13(40-21-25-27-28-26-21)12-8-39-19-15(18(32)29(19)16(12)20(33)34)24-17(31)14(22)10-4-3-5-11(6-10)23-9-30/h3-6,9,13-15,19H,2,7-8,22H2,1H3,(H,23,30)(H,24,31)(H,33,34)(H,35,36)(H,25,26,27,28)/t13?,14?,15-,19+/m1/s1. The third kappa shape index (κ3) is 6.37. The molecule has 2 aliphatic heterocycles. The second kappa shape index (κ2) is 12.5. The number of aromatic nitrogens is 4. The largest absolute Gasteiger partial charge is 0.477 e. The lowest BCUT2D eigenvalue weighted by atomic mass is 10.00. The lowest BCUT2D eigenvalue weighted by Gasteiger charge is -2.50. The number of tetrazole rings is 1. The molecule has 0 bridgehead atoms. The van der Waals surface area contributed by atoms with E-state index in [1.165, 1.54) is 17.8 Å². The van der Waals surface area contributed by atoms with Crippen molar-refractivity contribution >= 4 is 61.0 Å². The Labute approximate surface area is 235 Å². The summed E-state index contributed by atoms with van der Waals surface area (Å²) in [5.41, 5.74) is 6.76. The van der Waals surface area contributed by atoms with Crippen LogP contribution in [0.4, 0.5) is 5.69 Å². The fourth-order valence-corrected chi connectivity index (χ4v) is 8.52. The molecule has 1 saturated heterocycles. The van der Waals surface area contributed by atoms with Crippen molar-refractivity contribution in [2.75, 3.05) is 23.8 Å². The summed E-state index contributed by atoms with van der Waals surface area (Å²) in [5, 5.41) is 26.8. The molecule has 19 heteroatoms. The molecule has 4 rings (SSSR count). The Kier molecular flexibility index (Phi) is 9.27. The number of nitrogens with one attached hydrogen (secondary N) is 3. The number of benzene rings is 1. The minimum absolute atomic E-state index is 0.0390. The van der Waals surface area contributed by atoms with Crippen LogP contribution in [0.2, 0.25) is 0 Å². The molecule has 16 nitrogen and oxygen atoms in total. The van der Waals surface area contributed by atoms with E-state index < -0.39 is 54.2 Å². The second-order valence-electron chi connectivity index (χ2n) is 8.49. The van der Waals surface area contributed by atoms with Crippen molar-refractivity contribution in [2.45, 2.75) is 34.8 Å². The molecule has 1 aromatic heterocycles. The number of carboxylic acid groups (broad SMARTS) is 1. The van der Waals surface area contributed by atoms with Gasteiger partial charge in [-0.25, -0.2) is 9.89 Å². The number of nitrogens with two attached hydrogens (primary N) is 1. The number of aromatic amines is 1. The molecule has 2 aliphatic rings. The highest BCUT2D eigenvalue weighted by atomic mass is 32.2. The Bertz CT molecular complexity index is 1380. The SMILES string of the molecule is CCOP(=O)(O)CC(Sc1nnn[nH]1)C1=C(C(=O)O)N2C(=O)[C@@H](NC(=O)C(N)c3cccc(NC=O)c3)[C@@H]2SC1. The van der Waals surface area contributed by atoms with E-state index in [-0.39, 0.29) is 28.8 Å². The van der Waals surface area contributed by atoms with Gasteiger partial charge in [0.25, 0.3) is 5.91 Å². The quantitative estimate of drug-likeness (QED) is 0.0748. The van der Waals surface area contributed by atoms with Crippen LogP contribution in [0.25, 0.3) is 0 Å². The highest BCUT2D eigenvalue weighted by Crippen LogP contribution is 2.50. The van der Waals surface area contributed by atoms with Crippen molar-refractivity contribution in [1.82, 2.24) is 30.8 Å². The van der Waals surface area contributed by atoms with E-state index in [9.17, 15) is 33.7 Å². The number of carbonyl (C=O) groups is 4. The van der Waals surface area contributed by atoms with Gasteiger partial charge in [0.05, 0.1) is 12.8 Å². The van der Waals surface area contributed by atoms with Gasteiger partial charge >= 0.3 is 13.6 Å². The zero-order valence-electron chi connectivity index (χ0n) is 20.8. The number of nitrogens with zero attached hydrogens (tertiary/aromatic N) is 4. The number of carbonyl (C=O) groups excluding carboxylic acids is 3. The number of hydrogen-bond acceptors (Lipinski definition) is 12. The van der Waals surface area contributed by atoms with Gasteiger partial charge in [-0.3, -0.25) is 23.8 Å². The maximum absolute atomic E-state index is 13.2. The van der Waals surface area contributed by atoms with E-state index >= 15 is 0 Å². The fourth-order valence-electron chi connectivity index (χ4n) is 4.19. The number of rotatable bonds is 13. The van der Waals surface area contributed by atoms with Crippen LogP contribution < -0.4 is 16.4 Å². The molecule has 0 saturated carbocycles. The van der Waals surface area contributed by atoms with Crippen molar-refractivity contribution in [2.24, 2.45) is 5.73 Å². The zero-order valence-corrected chi connectivity index (χ0v) is 23.3. The van der Waals surface area contributed by atoms with Crippen LogP contribution in [0, 0.1) is 0 Å². The first-order valence-electron chi connectivity index (χ1n) is 11.7. The van der Waals surface area contributed by atoms with Gasteiger partial charge in [0.1, 0.15) is 23.2 Å². The van der Waals surface area contributed by atoms with E-state index in [0.717, 1.165) is 16.7 Å². The number of hydrogen-bond donors (Lipinski definition) is 6. The zero-order chi connectivity index (χ0) is 29.0. The maximum atomic E-state index is 13.2. The molecule has 3 heterocycles. The van der Waals surface area contributed by atoms with E-state index in [1.54, 1.807) is 25.1 Å². The fraction of sp³-hybridized carbons (Fsp3) is 0.381. The molecule has 7 N–H and O–H groups in total. The second-order valence-corrected chi connectivity index (χ2v) is 12.7. The summed E-state index contributed by atoms with van der Waals surface area (Å²) in [4.78, 5) is 60.5. The molecule has 5 atom stereocenters. The van der Waals surface area contributed by atoms with Crippen LogP contribution >= 0.6 is 31.1 Å². The summed E-state index contributed by atoms with van der Waals surface area (Å²) in [6.45, 7) is 1.51. The van der Waals surface area contributed by atoms with Crippen LogP contribution in [-0.4, -0.2) is 94.9 Å². The molecular weight excluding hydrogens is 587 g/mol. The van der Waals surface area contributed by atoms with E-state index in [0.29, 0.717) is 17.7 Å². The van der Waals surface area contributed by atoms with Crippen LogP contribution in [-0.2, 0) is 28.3 Å². The molecule has 40 heavy (non-hydrogen) atoms. The van der Waals surface area contributed by atoms with E-state index in [4.69, 9.17) is 10.3 Å². The molecule has 214 valence electrons. The van der Waals surface area contributed by atoms with E-state index in [1.807, 2.05) is 0 Å². The number of H-pyrrole nitrogens is 1. The third-order valence-corrected chi connectivity index (χ3v) is 10.1. The lowest BCUT2D eigenvalue weighted by molar-refractivity contribution is -0.150. The number of fused-ring (bicyclic) bond motifs is 1. The van der Waals surface area contributed by atoms with Gasteiger partial charge in [-0.1, -0.05) is 23.9 Å². The van der Waals surface area contributed by atoms with Crippen LogP contribution in [0.15, 0.2) is 40.7 Å². The topological polar surface area (TPSA) is 243 Å². The minimum atomic E-state index is -4.14. The Morgan fingerprint density at radius 1 is 1.45 bits per heavy atom. The molecule has 0 aliphatic carbocycles. The molecule has 0 spiro atoms. The lowest BCUT2D eigenvalue weighted by Crippen LogP contribution is -2.71. The van der Waals surface area contributed by atoms with Gasteiger partial charge in [-0.15, -0.1) is 16.9 Å². The summed E-state index contributed by atoms with van der Waals surface area (Å²) < 4.78 is 17.6. The van der Waals surface area contributed by atoms with Gasteiger partial charge < -0.3 is 30.9 Å². The summed E-state index contributed by atoms with van der Waals surface area (Å²) in [6.07, 6.45) is 0.0225. The minimum Gasteiger partial charge on any atom is -0.477 e. The van der Waals surface area contributed by atoms with Gasteiger partial charge in [-0.05, 0) is 40.6 Å². The Morgan fingerprint density at radius 3 is 2.88 bits per heavy atom. The molecule has 3 unspecified atom stereocenters. The Hall–Kier alpha value is -3.28. The third-order valence-electron chi connectivity index (χ3n) is 5.95. The molecule has 0 radical (unpaired) electrons. The summed E-state index contributed by atoms with van der Waals surface area (Å²) in [5.74, 6) is -2.69. The Balaban J connectivity index is 1.56. The number of carboxylic acids is 1. The molecule has 1 aromatic carbocycles. The monoisotopic (exact) mass is 612 g/mol. The number of aliphatic carboxylic acids is 1. The van der Waals surface area contributed by atoms with Gasteiger partial charge in [0.15, 0.2) is 0 Å². The first-order valence-corrected chi connectivity index (χ1v) is 15.4. The summed E-state index contributed by atoms with van der Waals surface area (Å²) in [7, 11) is -4.14. The van der Waals surface area contributed by atoms with Crippen LogP contribution in [0.3, 0.4) is 0 Å². The van der Waals surface area contributed by atoms with Crippen molar-refractivity contribution in [3.63, 3.8) is 0 Å². The van der Waals surface area contributed by atoms with Crippen molar-refractivity contribution in [3.8, 4) is 0 Å². The molecule has 2 aromatic rings. The van der Waals surface area contributed by atoms with Gasteiger partial charge in [-0.2, -0.15) is 0 Å². The van der Waals surface area contributed by atoms with E-state index in [2.05, 4.69) is 31.3 Å². The molecular formula is C21H25N8O8PS2. The summed E-state index contributed by atoms with van der Waals surface area (Å²) >= 11 is 2.12. The maximum Gasteiger partial charge on any atom is 0.352 e. The van der Waals surface area contributed by atoms with Crippen LogP contribution in [0.1, 0.15) is 18.5 Å². The predicted octanol–water partition coefficient (Wildman–Crippen LogP) is -0.111. The highest BCUT2D eigenvalue weighted by Gasteiger charge is 2.55. The van der Waals surface area contributed by atoms with Crippen molar-refractivity contribution < 1.29 is 38.3 Å². The summed E-state index contributed by atoms with van der Waals surface area (Å²) in [6, 6.07) is 4.11. The number of thioether (sulfide) groups is 2. The number of anilines is 1. The van der Waals surface area contributed by atoms with Gasteiger partial charge in [0.2, 0.25) is 17.5 Å². The number of β-lactam (4-membered cyclic amide) rings is 1. The van der Waals surface area contributed by atoms with Crippen molar-refractivity contribution in [1.29, 1.82) is 0 Å². The van der Waals surface area contributed by atoms with Gasteiger partial charge in [0, 0.05) is 16.7 Å². The van der Waals surface area contributed by atoms with Crippen molar-refractivity contribution in [3.05, 3.63) is 41.1 Å². The van der Waals surface area contributed by atoms with Crippen LogP contribution in [0.5, 0.6) is 0 Å².